The fourth-order valence-electron chi connectivity index (χ4n) is 6.87. The highest BCUT2D eigenvalue weighted by molar-refractivity contribution is 5.94. The SMILES string of the molecule is C#C[C@]1(OC(C)=O)CC[C@@]2(C)C(=CC(=O)[C@H]3[C@@H]4CC[C@H](O)[C@@]4(C)CC[C@@H]32)C1. The molecule has 4 aliphatic rings. The van der Waals surface area contributed by atoms with Crippen molar-refractivity contribution < 1.29 is 19.4 Å². The molecule has 0 unspecified atom stereocenters. The van der Waals surface area contributed by atoms with Crippen LogP contribution in [0.15, 0.2) is 11.6 Å². The molecule has 146 valence electrons. The number of ketones is 1. The number of rotatable bonds is 1. The minimum Gasteiger partial charge on any atom is -0.446 e. The molecule has 4 nitrogen and oxygen atoms in total. The van der Waals surface area contributed by atoms with Gasteiger partial charge in [0.05, 0.1) is 6.10 Å². The molecule has 3 saturated carbocycles. The lowest BCUT2D eigenvalue weighted by atomic mass is 9.47. The fourth-order valence-corrected chi connectivity index (χ4v) is 6.87. The van der Waals surface area contributed by atoms with Gasteiger partial charge in [-0.1, -0.05) is 25.3 Å². The number of fused-ring (bicyclic) bond motifs is 5. The molecule has 0 aromatic rings. The van der Waals surface area contributed by atoms with E-state index in [1.54, 1.807) is 0 Å². The first kappa shape index (κ1) is 18.7. The molecule has 0 aliphatic heterocycles. The molecule has 4 rings (SSSR count). The van der Waals surface area contributed by atoms with E-state index in [2.05, 4.69) is 19.8 Å². The van der Waals surface area contributed by atoms with Crippen molar-refractivity contribution in [3.8, 4) is 12.3 Å². The highest BCUT2D eigenvalue weighted by Gasteiger charge is 2.61. The first-order chi connectivity index (χ1) is 12.7. The van der Waals surface area contributed by atoms with Crippen LogP contribution in [0, 0.1) is 40.9 Å². The lowest BCUT2D eigenvalue weighted by Crippen LogP contribution is -2.55. The zero-order chi connectivity index (χ0) is 19.6. The van der Waals surface area contributed by atoms with Crippen LogP contribution in [-0.4, -0.2) is 28.6 Å². The number of ether oxygens (including phenoxy) is 1. The van der Waals surface area contributed by atoms with Gasteiger partial charge in [-0.05, 0) is 67.3 Å². The van der Waals surface area contributed by atoms with E-state index in [-0.39, 0.29) is 40.5 Å². The van der Waals surface area contributed by atoms with Gasteiger partial charge < -0.3 is 9.84 Å². The van der Waals surface area contributed by atoms with Crippen LogP contribution in [0.3, 0.4) is 0 Å². The molecule has 0 bridgehead atoms. The van der Waals surface area contributed by atoms with E-state index in [9.17, 15) is 14.7 Å². The first-order valence-corrected chi connectivity index (χ1v) is 10.3. The van der Waals surface area contributed by atoms with Crippen molar-refractivity contribution in [2.75, 3.05) is 0 Å². The van der Waals surface area contributed by atoms with Gasteiger partial charge in [0.2, 0.25) is 0 Å². The molecule has 0 saturated heterocycles. The van der Waals surface area contributed by atoms with Gasteiger partial charge in [0.1, 0.15) is 0 Å². The number of terminal acetylenes is 1. The molecule has 0 radical (unpaired) electrons. The topological polar surface area (TPSA) is 63.6 Å². The number of aliphatic hydroxyl groups excluding tert-OH is 1. The largest absolute Gasteiger partial charge is 0.446 e. The lowest BCUT2D eigenvalue weighted by molar-refractivity contribution is -0.156. The number of carbonyl (C=O) groups is 2. The number of hydrogen-bond donors (Lipinski definition) is 1. The van der Waals surface area contributed by atoms with Gasteiger partial charge in [-0.15, -0.1) is 6.42 Å². The van der Waals surface area contributed by atoms with Crippen LogP contribution in [0.4, 0.5) is 0 Å². The van der Waals surface area contributed by atoms with Gasteiger partial charge in [-0.3, -0.25) is 9.59 Å². The van der Waals surface area contributed by atoms with Crippen LogP contribution in [0.1, 0.15) is 65.7 Å². The van der Waals surface area contributed by atoms with Crippen LogP contribution in [0.5, 0.6) is 0 Å². The van der Waals surface area contributed by atoms with E-state index in [1.165, 1.54) is 6.92 Å². The first-order valence-electron chi connectivity index (χ1n) is 10.3. The number of carbonyl (C=O) groups excluding carboxylic acids is 2. The smallest absolute Gasteiger partial charge is 0.304 e. The van der Waals surface area contributed by atoms with Crippen LogP contribution in [0.2, 0.25) is 0 Å². The standard InChI is InChI=1S/C23H30O4/c1-5-23(27-14(2)24)11-10-21(3)15(13-23)12-18(25)20-16-6-7-19(26)22(16,4)9-8-17(20)21/h1,12,16-17,19-20,26H,6-11,13H2,2-4H3/t16-,17-,19-,20-,21-,22-,23-/m0/s1. The Kier molecular flexibility index (Phi) is 4.13. The quantitative estimate of drug-likeness (QED) is 0.567. The van der Waals surface area contributed by atoms with Crippen molar-refractivity contribution >= 4 is 11.8 Å². The van der Waals surface area contributed by atoms with E-state index in [4.69, 9.17) is 11.2 Å². The zero-order valence-corrected chi connectivity index (χ0v) is 16.6. The third-order valence-electron chi connectivity index (χ3n) is 8.54. The number of esters is 1. The van der Waals surface area contributed by atoms with Crippen LogP contribution < -0.4 is 0 Å². The van der Waals surface area contributed by atoms with Crippen molar-refractivity contribution in [2.45, 2.75) is 77.4 Å². The Morgan fingerprint density at radius 1 is 1.22 bits per heavy atom. The molecule has 0 amide bonds. The van der Waals surface area contributed by atoms with E-state index in [0.717, 1.165) is 37.7 Å². The molecule has 0 aromatic heterocycles. The molecule has 27 heavy (non-hydrogen) atoms. The molecule has 4 aliphatic carbocycles. The number of hydrogen-bond acceptors (Lipinski definition) is 4. The van der Waals surface area contributed by atoms with E-state index in [0.29, 0.717) is 18.8 Å². The summed E-state index contributed by atoms with van der Waals surface area (Å²) < 4.78 is 5.53. The second-order valence-corrected chi connectivity index (χ2v) is 9.77. The Labute approximate surface area is 161 Å². The summed E-state index contributed by atoms with van der Waals surface area (Å²) in [6.45, 7) is 5.83. The monoisotopic (exact) mass is 370 g/mol. The van der Waals surface area contributed by atoms with Crippen molar-refractivity contribution in [3.05, 3.63) is 11.6 Å². The van der Waals surface area contributed by atoms with Crippen LogP contribution in [0.25, 0.3) is 0 Å². The van der Waals surface area contributed by atoms with E-state index in [1.807, 2.05) is 6.08 Å². The Balaban J connectivity index is 1.70. The Bertz CT molecular complexity index is 761. The van der Waals surface area contributed by atoms with Gasteiger partial charge in [-0.2, -0.15) is 0 Å². The van der Waals surface area contributed by atoms with Crippen molar-refractivity contribution in [2.24, 2.45) is 28.6 Å². The van der Waals surface area contributed by atoms with Gasteiger partial charge in [0.15, 0.2) is 11.4 Å². The highest BCUT2D eigenvalue weighted by atomic mass is 16.6. The van der Waals surface area contributed by atoms with Gasteiger partial charge in [-0.25, -0.2) is 0 Å². The van der Waals surface area contributed by atoms with Crippen LogP contribution >= 0.6 is 0 Å². The molecular weight excluding hydrogens is 340 g/mol. The maximum absolute atomic E-state index is 13.2. The summed E-state index contributed by atoms with van der Waals surface area (Å²) in [7, 11) is 0. The second-order valence-electron chi connectivity index (χ2n) is 9.77. The molecule has 0 spiro atoms. The molecular formula is C23H30O4. The highest BCUT2D eigenvalue weighted by Crippen LogP contribution is 2.64. The van der Waals surface area contributed by atoms with Crippen molar-refractivity contribution in [1.82, 2.24) is 0 Å². The number of aliphatic hydroxyl groups is 1. The summed E-state index contributed by atoms with van der Waals surface area (Å²) in [6, 6.07) is 0. The third-order valence-corrected chi connectivity index (χ3v) is 8.54. The van der Waals surface area contributed by atoms with E-state index < -0.39 is 5.60 Å². The maximum Gasteiger partial charge on any atom is 0.304 e. The van der Waals surface area contributed by atoms with Crippen molar-refractivity contribution in [1.29, 1.82) is 0 Å². The normalized spacial score (nSPS) is 48.6. The summed E-state index contributed by atoms with van der Waals surface area (Å²) in [5, 5.41) is 10.5. The lowest BCUT2D eigenvalue weighted by Gasteiger charge is -2.57. The van der Waals surface area contributed by atoms with Crippen molar-refractivity contribution in [3.63, 3.8) is 0 Å². The van der Waals surface area contributed by atoms with Gasteiger partial charge >= 0.3 is 5.97 Å². The fraction of sp³-hybridized carbons (Fsp3) is 0.739. The predicted molar refractivity (Wildman–Crippen MR) is 101 cm³/mol. The van der Waals surface area contributed by atoms with Gasteiger partial charge in [0, 0.05) is 19.3 Å². The summed E-state index contributed by atoms with van der Waals surface area (Å²) in [4.78, 5) is 24.8. The number of allylic oxidation sites excluding steroid dienone is 1. The molecule has 4 heteroatoms. The Hall–Kier alpha value is -1.60. The minimum absolute atomic E-state index is 0.00158. The summed E-state index contributed by atoms with van der Waals surface area (Å²) in [5.74, 6) is 3.08. The third kappa shape index (κ3) is 2.54. The predicted octanol–water partition coefficient (Wildman–Crippen LogP) is 3.42. The molecule has 7 atom stereocenters. The second kappa shape index (κ2) is 5.95. The Morgan fingerprint density at radius 2 is 1.96 bits per heavy atom. The molecule has 3 fully saturated rings. The average Bonchev–Trinajstić information content (AvgIpc) is 2.91. The average molecular weight is 370 g/mol. The maximum atomic E-state index is 13.2. The minimum atomic E-state index is -0.920. The molecule has 1 N–H and O–H groups in total. The van der Waals surface area contributed by atoms with Crippen LogP contribution in [-0.2, 0) is 14.3 Å². The van der Waals surface area contributed by atoms with E-state index >= 15 is 0 Å². The molecule has 0 aromatic carbocycles. The Morgan fingerprint density at radius 3 is 2.63 bits per heavy atom. The summed E-state index contributed by atoms with van der Waals surface area (Å²) >= 11 is 0. The summed E-state index contributed by atoms with van der Waals surface area (Å²) in [5.41, 5.74) is -0.0697. The summed E-state index contributed by atoms with van der Waals surface area (Å²) in [6.07, 6.45) is 12.9. The zero-order valence-electron chi connectivity index (χ0n) is 16.6. The molecule has 0 heterocycles. The van der Waals surface area contributed by atoms with Gasteiger partial charge in [0.25, 0.3) is 0 Å².